The van der Waals surface area contributed by atoms with Gasteiger partial charge in [-0.15, -0.1) is 24.5 Å². The second-order valence-electron chi connectivity index (χ2n) is 8.18. The highest BCUT2D eigenvalue weighted by molar-refractivity contribution is 7.07. The molecule has 4 N–H and O–H groups in total. The van der Waals surface area contributed by atoms with Gasteiger partial charge in [-0.2, -0.15) is 4.99 Å². The molecular formula is C25H29F3N6O4S. The van der Waals surface area contributed by atoms with Crippen LogP contribution in [0.5, 0.6) is 5.75 Å². The number of halogens is 3. The average molecular weight is 567 g/mol. The number of thiazole rings is 1. The highest BCUT2D eigenvalue weighted by Gasteiger charge is 2.31. The number of nitrogens with zero attached hydrogens (tertiary/aromatic N) is 3. The van der Waals surface area contributed by atoms with E-state index in [1.54, 1.807) is 35.9 Å². The Morgan fingerprint density at radius 3 is 2.54 bits per heavy atom. The first kappa shape index (κ1) is 29.6. The minimum atomic E-state index is -4.80. The molecule has 0 bridgehead atoms. The number of benzene rings is 1. The van der Waals surface area contributed by atoms with E-state index >= 15 is 0 Å². The van der Waals surface area contributed by atoms with Crippen LogP contribution in [0.15, 0.2) is 46.8 Å². The second kappa shape index (κ2) is 13.8. The smallest absolute Gasteiger partial charge is 0.406 e. The quantitative estimate of drug-likeness (QED) is 0.262. The van der Waals surface area contributed by atoms with E-state index in [2.05, 4.69) is 30.7 Å². The molecule has 14 heteroatoms. The number of aromatic nitrogens is 2. The molecule has 0 atom stereocenters. The highest BCUT2D eigenvalue weighted by Crippen LogP contribution is 2.27. The molecule has 3 rings (SSSR count). The topological polar surface area (TPSA) is 130 Å². The largest absolute Gasteiger partial charge is 0.573 e. The molecular weight excluding hydrogens is 537 g/mol. The highest BCUT2D eigenvalue weighted by atomic mass is 32.1. The van der Waals surface area contributed by atoms with E-state index in [1.807, 2.05) is 0 Å². The van der Waals surface area contributed by atoms with Crippen LogP contribution in [0.1, 0.15) is 29.4 Å². The number of urea groups is 1. The summed E-state index contributed by atoms with van der Waals surface area (Å²) in [4.78, 5) is 33.9. The number of aryl methyl sites for hydroxylation is 1. The van der Waals surface area contributed by atoms with Crippen molar-refractivity contribution < 1.29 is 32.6 Å². The van der Waals surface area contributed by atoms with E-state index in [1.165, 1.54) is 35.6 Å². The number of amides is 3. The van der Waals surface area contributed by atoms with Gasteiger partial charge in [0.05, 0.1) is 17.9 Å². The molecule has 0 unspecified atom stereocenters. The first-order chi connectivity index (χ1) is 18.6. The lowest BCUT2D eigenvalue weighted by Crippen LogP contribution is -2.36. The Kier molecular flexibility index (Phi) is 10.5. The normalized spacial score (nSPS) is 11.8. The van der Waals surface area contributed by atoms with E-state index in [4.69, 9.17) is 5.11 Å². The first-order valence-electron chi connectivity index (χ1n) is 12.1. The molecule has 0 aliphatic heterocycles. The lowest BCUT2D eigenvalue weighted by Gasteiger charge is -2.12. The summed E-state index contributed by atoms with van der Waals surface area (Å²) in [5, 5.41) is 19.2. The maximum Gasteiger partial charge on any atom is 0.573 e. The van der Waals surface area contributed by atoms with Gasteiger partial charge in [0.15, 0.2) is 4.80 Å². The fourth-order valence-corrected chi connectivity index (χ4v) is 4.47. The van der Waals surface area contributed by atoms with Crippen molar-refractivity contribution in [2.24, 2.45) is 4.99 Å². The van der Waals surface area contributed by atoms with E-state index in [0.717, 1.165) is 0 Å². The molecule has 0 saturated heterocycles. The number of carbonyl (C=O) groups is 2. The molecule has 3 amide bonds. The molecule has 10 nitrogen and oxygen atoms in total. The van der Waals surface area contributed by atoms with Gasteiger partial charge >= 0.3 is 12.4 Å². The summed E-state index contributed by atoms with van der Waals surface area (Å²) in [7, 11) is 0. The predicted molar refractivity (Wildman–Crippen MR) is 141 cm³/mol. The summed E-state index contributed by atoms with van der Waals surface area (Å²) in [5.74, 6) is -0.610. The molecule has 39 heavy (non-hydrogen) atoms. The van der Waals surface area contributed by atoms with E-state index in [9.17, 15) is 22.8 Å². The van der Waals surface area contributed by atoms with Crippen LogP contribution in [0, 0.1) is 6.92 Å². The zero-order valence-electron chi connectivity index (χ0n) is 21.3. The number of hydrogen-bond donors (Lipinski definition) is 4. The molecule has 2 heterocycles. The number of carbonyl (C=O) groups excluding carboxylic acids is 2. The Morgan fingerprint density at radius 1 is 1.13 bits per heavy atom. The van der Waals surface area contributed by atoms with Crippen molar-refractivity contribution >= 4 is 29.1 Å². The predicted octanol–water partition coefficient (Wildman–Crippen LogP) is 3.67. The molecule has 1 aromatic carbocycles. The molecule has 0 aliphatic rings. The van der Waals surface area contributed by atoms with Crippen molar-refractivity contribution in [1.29, 1.82) is 0 Å². The van der Waals surface area contributed by atoms with E-state index in [0.29, 0.717) is 53.6 Å². The lowest BCUT2D eigenvalue weighted by molar-refractivity contribution is -0.274. The minimum Gasteiger partial charge on any atom is -0.406 e. The second-order valence-corrected chi connectivity index (χ2v) is 9.02. The van der Waals surface area contributed by atoms with Crippen LogP contribution in [-0.2, 0) is 6.54 Å². The summed E-state index contributed by atoms with van der Waals surface area (Å²) >= 11 is 1.19. The van der Waals surface area contributed by atoms with Crippen LogP contribution in [-0.4, -0.2) is 59.2 Å². The number of pyridine rings is 1. The van der Waals surface area contributed by atoms with Crippen LogP contribution in [0.25, 0.3) is 11.3 Å². The Morgan fingerprint density at radius 2 is 1.87 bits per heavy atom. The van der Waals surface area contributed by atoms with Crippen molar-refractivity contribution in [3.05, 3.63) is 57.8 Å². The first-order valence-corrected chi connectivity index (χ1v) is 13.0. The van der Waals surface area contributed by atoms with Gasteiger partial charge in [0.25, 0.3) is 5.91 Å². The zero-order valence-corrected chi connectivity index (χ0v) is 22.2. The monoisotopic (exact) mass is 566 g/mol. The Bertz CT molecular complexity index is 1340. The molecule has 0 fully saturated rings. The number of rotatable bonds is 11. The van der Waals surface area contributed by atoms with E-state index in [-0.39, 0.29) is 30.5 Å². The maximum atomic E-state index is 13.2. The van der Waals surface area contributed by atoms with Crippen LogP contribution >= 0.6 is 11.3 Å². The van der Waals surface area contributed by atoms with E-state index < -0.39 is 12.3 Å². The Labute approximate surface area is 226 Å². The lowest BCUT2D eigenvalue weighted by atomic mass is 10.1. The van der Waals surface area contributed by atoms with Gasteiger partial charge in [0.1, 0.15) is 11.6 Å². The van der Waals surface area contributed by atoms with Crippen molar-refractivity contribution in [2.45, 2.75) is 33.2 Å². The Balaban J connectivity index is 1.94. The van der Waals surface area contributed by atoms with Crippen LogP contribution < -0.4 is 25.5 Å². The van der Waals surface area contributed by atoms with Crippen LogP contribution in [0.3, 0.4) is 0 Å². The molecule has 0 spiro atoms. The number of alkyl halides is 3. The number of aliphatic hydroxyl groups is 1. The average Bonchev–Trinajstić information content (AvgIpc) is 3.27. The van der Waals surface area contributed by atoms with Crippen molar-refractivity contribution in [3.63, 3.8) is 0 Å². The molecule has 0 aliphatic carbocycles. The van der Waals surface area contributed by atoms with Gasteiger partial charge in [0.2, 0.25) is 0 Å². The summed E-state index contributed by atoms with van der Waals surface area (Å²) < 4.78 is 43.4. The third kappa shape index (κ3) is 8.82. The summed E-state index contributed by atoms with van der Waals surface area (Å²) in [6, 6.07) is 8.36. The molecule has 2 aromatic heterocycles. The van der Waals surface area contributed by atoms with Gasteiger partial charge in [-0.3, -0.25) is 4.79 Å². The summed E-state index contributed by atoms with van der Waals surface area (Å²) in [6.45, 7) is 4.82. The molecule has 210 valence electrons. The van der Waals surface area contributed by atoms with Crippen molar-refractivity contribution in [1.82, 2.24) is 20.2 Å². The standard InChI is InChI=1S/C25H29F3N6O4S/c1-3-29-23(37)31-11-4-13-34-20(17-6-8-18(9-7-17)38-25(26,27)28)15-39-24(34)33-22(36)19-10-5-16(2)32-21(19)30-12-14-35/h5-10,15,35H,3-4,11-14H2,1-2H3,(H,30,32)(H2,29,31,37). The fraction of sp³-hybridized carbons (Fsp3) is 0.360. The number of nitrogens with one attached hydrogen (secondary N) is 3. The number of hydrogen-bond acceptors (Lipinski definition) is 7. The third-order valence-corrected chi connectivity index (χ3v) is 6.09. The van der Waals surface area contributed by atoms with Crippen molar-refractivity contribution in [3.8, 4) is 17.0 Å². The summed E-state index contributed by atoms with van der Waals surface area (Å²) in [6.07, 6.45) is -4.31. The van der Waals surface area contributed by atoms with Gasteiger partial charge in [0, 0.05) is 37.3 Å². The molecule has 3 aromatic rings. The maximum absolute atomic E-state index is 13.2. The SMILES string of the molecule is CCNC(=O)NCCCn1c(-c2ccc(OC(F)(F)F)cc2)csc1=NC(=O)c1ccc(C)nc1NCCO. The number of aliphatic hydroxyl groups excluding tert-OH is 1. The fourth-order valence-electron chi connectivity index (χ4n) is 3.54. The molecule has 0 saturated carbocycles. The van der Waals surface area contributed by atoms with Gasteiger partial charge < -0.3 is 30.4 Å². The minimum absolute atomic E-state index is 0.147. The van der Waals surface area contributed by atoms with Crippen molar-refractivity contribution in [2.75, 3.05) is 31.6 Å². The zero-order chi connectivity index (χ0) is 28.4. The van der Waals surface area contributed by atoms with Gasteiger partial charge in [-0.05, 0) is 62.2 Å². The van der Waals surface area contributed by atoms with Gasteiger partial charge in [-0.1, -0.05) is 0 Å². The summed E-state index contributed by atoms with van der Waals surface area (Å²) in [5.41, 5.74) is 2.12. The number of ether oxygens (including phenoxy) is 1. The van der Waals surface area contributed by atoms with Gasteiger partial charge in [-0.25, -0.2) is 9.78 Å². The van der Waals surface area contributed by atoms with Crippen LogP contribution in [0.4, 0.5) is 23.8 Å². The molecule has 0 radical (unpaired) electrons. The van der Waals surface area contributed by atoms with Crippen LogP contribution in [0.2, 0.25) is 0 Å². The third-order valence-electron chi connectivity index (χ3n) is 5.23. The number of anilines is 1. The Hall–Kier alpha value is -3.91.